The second-order valence-electron chi connectivity index (χ2n) is 6.78. The Hall–Kier alpha value is -2.86. The largest absolute Gasteiger partial charge is 0.391 e. The van der Waals surface area contributed by atoms with Gasteiger partial charge in [0.25, 0.3) is 0 Å². The summed E-state index contributed by atoms with van der Waals surface area (Å²) in [6, 6.07) is 17.0. The molecule has 26 heavy (non-hydrogen) atoms. The molecule has 1 aliphatic heterocycles. The van der Waals surface area contributed by atoms with Crippen molar-refractivity contribution in [2.45, 2.75) is 25.1 Å². The number of likely N-dealkylation sites (tertiary alicyclic amines) is 1. The van der Waals surface area contributed by atoms with E-state index in [4.69, 9.17) is 0 Å². The molecule has 0 radical (unpaired) electrons. The zero-order chi connectivity index (χ0) is 18.3. The van der Waals surface area contributed by atoms with Gasteiger partial charge in [0, 0.05) is 13.6 Å². The fraction of sp³-hybridized carbons (Fsp3) is 0.300. The summed E-state index contributed by atoms with van der Waals surface area (Å²) in [5.41, 5.74) is 2.33. The quantitative estimate of drug-likeness (QED) is 0.781. The summed E-state index contributed by atoms with van der Waals surface area (Å²) in [5, 5.41) is 10.1. The Morgan fingerprint density at radius 3 is 2.46 bits per heavy atom. The summed E-state index contributed by atoms with van der Waals surface area (Å²) in [4.78, 5) is 27.2. The number of aryl methyl sites for hydroxylation is 1. The molecule has 1 amide bonds. The van der Waals surface area contributed by atoms with Gasteiger partial charge in [-0.1, -0.05) is 42.5 Å². The summed E-state index contributed by atoms with van der Waals surface area (Å²) in [6.07, 6.45) is -0.0337. The predicted molar refractivity (Wildman–Crippen MR) is 98.7 cm³/mol. The number of hydrogen-bond acceptors (Lipinski definition) is 3. The molecular formula is C20H21N3O3. The molecule has 3 aromatic rings. The number of amides is 1. The van der Waals surface area contributed by atoms with Crippen LogP contribution in [0.5, 0.6) is 0 Å². The zero-order valence-corrected chi connectivity index (χ0v) is 14.6. The Bertz CT molecular complexity index is 1010. The van der Waals surface area contributed by atoms with Crippen molar-refractivity contribution >= 4 is 16.9 Å². The first-order valence-electron chi connectivity index (χ1n) is 8.73. The van der Waals surface area contributed by atoms with Crippen molar-refractivity contribution in [2.24, 2.45) is 7.05 Å². The number of β-amino-alcohol motifs (C(OH)–C–C–N with tert-alkyl or cyclic N) is 1. The highest BCUT2D eigenvalue weighted by molar-refractivity contribution is 5.81. The first-order chi connectivity index (χ1) is 12.6. The van der Waals surface area contributed by atoms with E-state index in [9.17, 15) is 14.7 Å². The van der Waals surface area contributed by atoms with Crippen LogP contribution < -0.4 is 5.69 Å². The third-order valence-electron chi connectivity index (χ3n) is 5.13. The van der Waals surface area contributed by atoms with Crippen LogP contribution in [0.4, 0.5) is 0 Å². The molecule has 1 aliphatic rings. The monoisotopic (exact) mass is 351 g/mol. The summed E-state index contributed by atoms with van der Waals surface area (Å²) in [6.45, 7) is 0.258. The lowest BCUT2D eigenvalue weighted by atomic mass is 10.0. The number of carbonyl (C=O) groups is 1. The van der Waals surface area contributed by atoms with E-state index in [1.54, 1.807) is 16.5 Å². The first kappa shape index (κ1) is 16.6. The SMILES string of the molecule is Cn1c(=O)n(CC(=O)N2CC(O)CC2c2ccccc2)c2ccccc21. The van der Waals surface area contributed by atoms with Crippen LogP contribution in [0.15, 0.2) is 59.4 Å². The Kier molecular flexibility index (Phi) is 4.12. The number of aromatic nitrogens is 2. The van der Waals surface area contributed by atoms with Gasteiger partial charge in [-0.05, 0) is 24.1 Å². The molecule has 6 nitrogen and oxygen atoms in total. The van der Waals surface area contributed by atoms with E-state index in [0.717, 1.165) is 16.6 Å². The number of benzene rings is 2. The molecule has 1 aromatic heterocycles. The Morgan fingerprint density at radius 2 is 1.73 bits per heavy atom. The Labute approximate surface area is 150 Å². The smallest absolute Gasteiger partial charge is 0.329 e. The van der Waals surface area contributed by atoms with E-state index in [2.05, 4.69) is 0 Å². The molecule has 2 aromatic carbocycles. The van der Waals surface area contributed by atoms with Gasteiger partial charge in [0.05, 0.1) is 23.2 Å². The van der Waals surface area contributed by atoms with Crippen molar-refractivity contribution in [1.29, 1.82) is 0 Å². The summed E-state index contributed by atoms with van der Waals surface area (Å²) >= 11 is 0. The Morgan fingerprint density at radius 1 is 1.08 bits per heavy atom. The van der Waals surface area contributed by atoms with E-state index < -0.39 is 6.10 Å². The van der Waals surface area contributed by atoms with E-state index in [0.29, 0.717) is 6.42 Å². The maximum absolute atomic E-state index is 13.0. The number of rotatable bonds is 3. The number of carbonyl (C=O) groups excluding carboxylic acids is 1. The number of para-hydroxylation sites is 2. The van der Waals surface area contributed by atoms with Crippen molar-refractivity contribution in [2.75, 3.05) is 6.54 Å². The predicted octanol–water partition coefficient (Wildman–Crippen LogP) is 1.67. The highest BCUT2D eigenvalue weighted by atomic mass is 16.3. The minimum absolute atomic E-state index is 0.0315. The molecule has 1 N–H and O–H groups in total. The fourth-order valence-corrected chi connectivity index (χ4v) is 3.82. The van der Waals surface area contributed by atoms with Crippen molar-refractivity contribution in [1.82, 2.24) is 14.0 Å². The molecule has 2 unspecified atom stereocenters. The fourth-order valence-electron chi connectivity index (χ4n) is 3.82. The van der Waals surface area contributed by atoms with Crippen molar-refractivity contribution in [3.8, 4) is 0 Å². The van der Waals surface area contributed by atoms with Crippen LogP contribution in [0.2, 0.25) is 0 Å². The minimum atomic E-state index is -0.548. The van der Waals surface area contributed by atoms with Crippen molar-refractivity contribution in [3.05, 3.63) is 70.6 Å². The van der Waals surface area contributed by atoms with Crippen LogP contribution >= 0.6 is 0 Å². The summed E-state index contributed by atoms with van der Waals surface area (Å²) < 4.78 is 3.06. The van der Waals surface area contributed by atoms with Crippen LogP contribution in [0, 0.1) is 0 Å². The average molecular weight is 351 g/mol. The van der Waals surface area contributed by atoms with Crippen LogP contribution in [0.25, 0.3) is 11.0 Å². The molecule has 2 heterocycles. The van der Waals surface area contributed by atoms with Crippen LogP contribution in [0.1, 0.15) is 18.0 Å². The van der Waals surface area contributed by atoms with Gasteiger partial charge >= 0.3 is 5.69 Å². The van der Waals surface area contributed by atoms with Gasteiger partial charge in [-0.3, -0.25) is 13.9 Å². The maximum atomic E-state index is 13.0. The van der Waals surface area contributed by atoms with Crippen molar-refractivity contribution in [3.63, 3.8) is 0 Å². The molecule has 4 rings (SSSR count). The molecule has 1 fully saturated rings. The number of imidazole rings is 1. The van der Waals surface area contributed by atoms with Gasteiger partial charge in [-0.25, -0.2) is 4.79 Å². The molecule has 0 spiro atoms. The number of aliphatic hydroxyl groups excluding tert-OH is 1. The molecule has 0 aliphatic carbocycles. The molecular weight excluding hydrogens is 330 g/mol. The molecule has 0 saturated carbocycles. The van der Waals surface area contributed by atoms with E-state index in [-0.39, 0.29) is 30.7 Å². The van der Waals surface area contributed by atoms with E-state index in [1.165, 1.54) is 4.57 Å². The molecule has 0 bridgehead atoms. The number of nitrogens with zero attached hydrogens (tertiary/aromatic N) is 3. The number of aliphatic hydroxyl groups is 1. The maximum Gasteiger partial charge on any atom is 0.329 e. The first-order valence-corrected chi connectivity index (χ1v) is 8.73. The average Bonchev–Trinajstić information content (AvgIpc) is 3.17. The lowest BCUT2D eigenvalue weighted by Crippen LogP contribution is -2.37. The highest BCUT2D eigenvalue weighted by Crippen LogP contribution is 2.32. The van der Waals surface area contributed by atoms with E-state index in [1.807, 2.05) is 54.6 Å². The molecule has 6 heteroatoms. The van der Waals surface area contributed by atoms with Crippen LogP contribution in [-0.4, -0.2) is 37.7 Å². The molecule has 2 atom stereocenters. The van der Waals surface area contributed by atoms with Gasteiger partial charge in [0.2, 0.25) is 5.91 Å². The lowest BCUT2D eigenvalue weighted by Gasteiger charge is -2.25. The highest BCUT2D eigenvalue weighted by Gasteiger charge is 2.35. The Balaban J connectivity index is 1.66. The zero-order valence-electron chi connectivity index (χ0n) is 14.6. The second kappa shape index (κ2) is 6.46. The molecule has 1 saturated heterocycles. The van der Waals surface area contributed by atoms with Gasteiger partial charge in [-0.15, -0.1) is 0 Å². The number of hydrogen-bond donors (Lipinski definition) is 1. The second-order valence-corrected chi connectivity index (χ2v) is 6.78. The number of fused-ring (bicyclic) bond motifs is 1. The lowest BCUT2D eigenvalue weighted by molar-refractivity contribution is -0.133. The van der Waals surface area contributed by atoms with Gasteiger partial charge in [-0.2, -0.15) is 0 Å². The van der Waals surface area contributed by atoms with Gasteiger partial charge in [0.15, 0.2) is 0 Å². The summed E-state index contributed by atoms with van der Waals surface area (Å²) in [7, 11) is 1.71. The molecule has 134 valence electrons. The third-order valence-corrected chi connectivity index (χ3v) is 5.13. The standard InChI is InChI=1S/C20H21N3O3/c1-21-16-9-5-6-10-17(16)23(20(21)26)13-19(25)22-12-15(24)11-18(22)14-7-3-2-4-8-14/h2-10,15,18,24H,11-13H2,1H3. The van der Waals surface area contributed by atoms with Crippen LogP contribution in [-0.2, 0) is 18.4 Å². The normalized spacial score (nSPS) is 20.0. The minimum Gasteiger partial charge on any atom is -0.391 e. The summed E-state index contributed by atoms with van der Waals surface area (Å²) in [5.74, 6) is -0.158. The van der Waals surface area contributed by atoms with Crippen LogP contribution in [0.3, 0.4) is 0 Å². The van der Waals surface area contributed by atoms with Crippen molar-refractivity contribution < 1.29 is 9.90 Å². The third kappa shape index (κ3) is 2.72. The van der Waals surface area contributed by atoms with Gasteiger partial charge < -0.3 is 10.0 Å². The topological polar surface area (TPSA) is 67.5 Å². The van der Waals surface area contributed by atoms with E-state index >= 15 is 0 Å². The van der Waals surface area contributed by atoms with Gasteiger partial charge in [0.1, 0.15) is 6.54 Å².